The van der Waals surface area contributed by atoms with Crippen LogP contribution in [-0.2, 0) is 19.7 Å². The van der Waals surface area contributed by atoms with E-state index >= 15 is 0 Å². The van der Waals surface area contributed by atoms with E-state index in [4.69, 9.17) is 9.47 Å². The van der Waals surface area contributed by atoms with E-state index in [1.54, 1.807) is 30.6 Å². The number of benzene rings is 2. The van der Waals surface area contributed by atoms with Crippen LogP contribution < -0.4 is 14.8 Å². The van der Waals surface area contributed by atoms with Crippen molar-refractivity contribution < 1.29 is 14.4 Å². The van der Waals surface area contributed by atoms with Crippen LogP contribution in [0.3, 0.4) is 0 Å². The molecule has 0 amide bonds. The highest BCUT2D eigenvalue weighted by Crippen LogP contribution is 2.34. The van der Waals surface area contributed by atoms with Crippen molar-refractivity contribution in [1.82, 2.24) is 5.32 Å². The SMILES string of the molecule is COc1cc(CNCc2cccs2)c(Br)cc1OCc1ccc([N+](=O)[O-])cc1. The molecule has 0 unspecified atom stereocenters. The van der Waals surface area contributed by atoms with Crippen LogP contribution in [0.1, 0.15) is 16.0 Å². The van der Waals surface area contributed by atoms with Crippen LogP contribution in [0.25, 0.3) is 0 Å². The first-order chi connectivity index (χ1) is 13.6. The van der Waals surface area contributed by atoms with Gasteiger partial charge >= 0.3 is 0 Å². The minimum Gasteiger partial charge on any atom is -0.493 e. The summed E-state index contributed by atoms with van der Waals surface area (Å²) in [5.41, 5.74) is 1.96. The Bertz CT molecular complexity index is 930. The lowest BCUT2D eigenvalue weighted by Crippen LogP contribution is -2.12. The van der Waals surface area contributed by atoms with Gasteiger partial charge in [0.15, 0.2) is 11.5 Å². The molecule has 3 rings (SSSR count). The van der Waals surface area contributed by atoms with E-state index in [1.165, 1.54) is 17.0 Å². The predicted octanol–water partition coefficient (Wildman–Crippen LogP) is 5.30. The molecule has 8 heteroatoms. The van der Waals surface area contributed by atoms with Crippen molar-refractivity contribution in [3.63, 3.8) is 0 Å². The van der Waals surface area contributed by atoms with E-state index in [1.807, 2.05) is 18.2 Å². The molecule has 0 aliphatic rings. The zero-order valence-electron chi connectivity index (χ0n) is 15.2. The van der Waals surface area contributed by atoms with Gasteiger partial charge in [-0.1, -0.05) is 22.0 Å². The maximum Gasteiger partial charge on any atom is 0.269 e. The molecule has 1 heterocycles. The number of nitrogens with one attached hydrogen (secondary N) is 1. The average molecular weight is 463 g/mol. The molecule has 1 aromatic heterocycles. The van der Waals surface area contributed by atoms with Gasteiger partial charge in [-0.15, -0.1) is 11.3 Å². The lowest BCUT2D eigenvalue weighted by atomic mass is 10.2. The lowest BCUT2D eigenvalue weighted by molar-refractivity contribution is -0.384. The fraction of sp³-hybridized carbons (Fsp3) is 0.200. The number of ether oxygens (including phenoxy) is 2. The van der Waals surface area contributed by atoms with Crippen molar-refractivity contribution in [3.8, 4) is 11.5 Å². The first kappa shape index (κ1) is 20.3. The van der Waals surface area contributed by atoms with Crippen LogP contribution in [0.5, 0.6) is 11.5 Å². The monoisotopic (exact) mass is 462 g/mol. The fourth-order valence-corrected chi connectivity index (χ4v) is 3.73. The lowest BCUT2D eigenvalue weighted by Gasteiger charge is -2.14. The second-order valence-corrected chi connectivity index (χ2v) is 7.88. The molecule has 0 radical (unpaired) electrons. The summed E-state index contributed by atoms with van der Waals surface area (Å²) in [4.78, 5) is 11.6. The van der Waals surface area contributed by atoms with Gasteiger partial charge in [0.05, 0.1) is 12.0 Å². The van der Waals surface area contributed by atoms with Gasteiger partial charge in [0.1, 0.15) is 6.61 Å². The molecule has 0 aliphatic heterocycles. The Balaban J connectivity index is 1.64. The molecule has 28 heavy (non-hydrogen) atoms. The normalized spacial score (nSPS) is 10.6. The molecule has 0 spiro atoms. The first-order valence-corrected chi connectivity index (χ1v) is 10.2. The smallest absolute Gasteiger partial charge is 0.269 e. The number of non-ortho nitro benzene ring substituents is 1. The van der Waals surface area contributed by atoms with Gasteiger partial charge < -0.3 is 14.8 Å². The highest BCUT2D eigenvalue weighted by molar-refractivity contribution is 9.10. The average Bonchev–Trinajstić information content (AvgIpc) is 3.21. The quantitative estimate of drug-likeness (QED) is 0.345. The molecule has 146 valence electrons. The van der Waals surface area contributed by atoms with Crippen molar-refractivity contribution in [2.75, 3.05) is 7.11 Å². The van der Waals surface area contributed by atoms with E-state index in [0.717, 1.165) is 22.1 Å². The van der Waals surface area contributed by atoms with Crippen LogP contribution in [0.15, 0.2) is 58.4 Å². The number of nitrogens with zero attached hydrogens (tertiary/aromatic N) is 1. The van der Waals surface area contributed by atoms with Crippen LogP contribution >= 0.6 is 27.3 Å². The minimum absolute atomic E-state index is 0.0588. The third-order valence-electron chi connectivity index (χ3n) is 4.07. The number of hydrogen-bond acceptors (Lipinski definition) is 6. The molecule has 0 aliphatic carbocycles. The Labute approximate surface area is 175 Å². The van der Waals surface area contributed by atoms with Gasteiger partial charge in [-0.2, -0.15) is 0 Å². The number of methoxy groups -OCH3 is 1. The summed E-state index contributed by atoms with van der Waals surface area (Å²) in [7, 11) is 1.60. The second kappa shape index (κ2) is 9.68. The first-order valence-electron chi connectivity index (χ1n) is 8.52. The zero-order valence-corrected chi connectivity index (χ0v) is 17.6. The van der Waals surface area contributed by atoms with Crippen molar-refractivity contribution in [2.24, 2.45) is 0 Å². The molecule has 6 nitrogen and oxygen atoms in total. The van der Waals surface area contributed by atoms with Crippen LogP contribution in [-0.4, -0.2) is 12.0 Å². The summed E-state index contributed by atoms with van der Waals surface area (Å²) in [6.45, 7) is 1.79. The van der Waals surface area contributed by atoms with Crippen molar-refractivity contribution in [2.45, 2.75) is 19.7 Å². The van der Waals surface area contributed by atoms with Crippen LogP contribution in [0, 0.1) is 10.1 Å². The molecule has 0 fully saturated rings. The number of thiophene rings is 1. The maximum absolute atomic E-state index is 10.7. The molecule has 0 saturated heterocycles. The molecule has 2 aromatic carbocycles. The van der Waals surface area contributed by atoms with E-state index in [9.17, 15) is 10.1 Å². The molecule has 0 saturated carbocycles. The molecule has 1 N–H and O–H groups in total. The molecular weight excluding hydrogens is 444 g/mol. The maximum atomic E-state index is 10.7. The van der Waals surface area contributed by atoms with Gasteiger partial charge in [0, 0.05) is 34.6 Å². The topological polar surface area (TPSA) is 73.6 Å². The summed E-state index contributed by atoms with van der Waals surface area (Å²) < 4.78 is 12.3. The van der Waals surface area contributed by atoms with Gasteiger partial charge in [0.2, 0.25) is 0 Å². The number of hydrogen-bond donors (Lipinski definition) is 1. The number of halogens is 1. The molecule has 3 aromatic rings. The summed E-state index contributed by atoms with van der Waals surface area (Å²) in [5, 5.41) is 16.2. The molecule has 0 atom stereocenters. The summed E-state index contributed by atoms with van der Waals surface area (Å²) in [6.07, 6.45) is 0. The van der Waals surface area contributed by atoms with E-state index in [0.29, 0.717) is 18.0 Å². The third-order valence-corrected chi connectivity index (χ3v) is 5.68. The Morgan fingerprint density at radius 1 is 1.14 bits per heavy atom. The predicted molar refractivity (Wildman–Crippen MR) is 113 cm³/mol. The van der Waals surface area contributed by atoms with Crippen LogP contribution in [0.4, 0.5) is 5.69 Å². The summed E-state index contributed by atoms with van der Waals surface area (Å²) in [5.74, 6) is 1.24. The van der Waals surface area contributed by atoms with Gasteiger partial charge in [-0.3, -0.25) is 10.1 Å². The Morgan fingerprint density at radius 2 is 1.93 bits per heavy atom. The van der Waals surface area contributed by atoms with Crippen molar-refractivity contribution >= 4 is 33.0 Å². The Hall–Kier alpha value is -2.42. The second-order valence-electron chi connectivity index (χ2n) is 5.99. The molecular formula is C20H19BrN2O4S. The number of nitro groups is 1. The van der Waals surface area contributed by atoms with Crippen molar-refractivity contribution in [1.29, 1.82) is 0 Å². The van der Waals surface area contributed by atoms with E-state index in [-0.39, 0.29) is 12.3 Å². The fourth-order valence-electron chi connectivity index (χ4n) is 2.59. The summed E-state index contributed by atoms with van der Waals surface area (Å²) >= 11 is 5.32. The largest absolute Gasteiger partial charge is 0.493 e. The zero-order chi connectivity index (χ0) is 19.9. The van der Waals surface area contributed by atoms with Crippen LogP contribution in [0.2, 0.25) is 0 Å². The highest BCUT2D eigenvalue weighted by Gasteiger charge is 2.11. The minimum atomic E-state index is -0.421. The summed E-state index contributed by atoms with van der Waals surface area (Å²) in [6, 6.07) is 14.3. The van der Waals surface area contributed by atoms with E-state index < -0.39 is 4.92 Å². The van der Waals surface area contributed by atoms with Crippen molar-refractivity contribution in [3.05, 3.63) is 84.5 Å². The Kier molecular flexibility index (Phi) is 7.02. The number of nitro benzene ring substituents is 1. The van der Waals surface area contributed by atoms with E-state index in [2.05, 4.69) is 32.7 Å². The van der Waals surface area contributed by atoms with Gasteiger partial charge in [-0.05, 0) is 46.8 Å². The third kappa shape index (κ3) is 5.31. The van der Waals surface area contributed by atoms with Gasteiger partial charge in [0.25, 0.3) is 5.69 Å². The Morgan fingerprint density at radius 3 is 2.57 bits per heavy atom. The standard InChI is InChI=1S/C20H19BrN2O4S/c1-26-19-9-15(11-22-12-17-3-2-8-28-17)18(21)10-20(19)27-13-14-4-6-16(7-5-14)23(24)25/h2-10,22H,11-13H2,1H3. The molecule has 0 bridgehead atoms. The number of rotatable bonds is 9. The van der Waals surface area contributed by atoms with Gasteiger partial charge in [-0.25, -0.2) is 0 Å². The highest BCUT2D eigenvalue weighted by atomic mass is 79.9.